The number of nitrogens with one attached hydrogen (secondary N) is 1. The van der Waals surface area contributed by atoms with E-state index in [4.69, 9.17) is 21.1 Å². The van der Waals surface area contributed by atoms with Gasteiger partial charge in [0.1, 0.15) is 6.54 Å². The second-order valence-electron chi connectivity index (χ2n) is 5.16. The first kappa shape index (κ1) is 12.4. The molecule has 2 saturated heterocycles. The highest BCUT2D eigenvalue weighted by molar-refractivity contribution is 6.30. The van der Waals surface area contributed by atoms with E-state index in [1.807, 2.05) is 12.1 Å². The van der Waals surface area contributed by atoms with Crippen molar-refractivity contribution in [2.75, 3.05) is 26.3 Å². The molecule has 2 aliphatic rings. The van der Waals surface area contributed by atoms with Crippen LogP contribution >= 0.6 is 11.6 Å². The topological polar surface area (TPSA) is 22.9 Å². The predicted molar refractivity (Wildman–Crippen MR) is 69.7 cm³/mol. The highest BCUT2D eigenvalue weighted by atomic mass is 35.5. The van der Waals surface area contributed by atoms with E-state index < -0.39 is 0 Å². The molecule has 0 aliphatic carbocycles. The maximum Gasteiger partial charge on any atom is 0.179 e. The lowest BCUT2D eigenvalue weighted by Gasteiger charge is -2.35. The summed E-state index contributed by atoms with van der Waals surface area (Å²) in [6.07, 6.45) is 2.02. The van der Waals surface area contributed by atoms with E-state index >= 15 is 0 Å². The van der Waals surface area contributed by atoms with Gasteiger partial charge >= 0.3 is 0 Å². The summed E-state index contributed by atoms with van der Waals surface area (Å²) >= 11 is 5.90. The van der Waals surface area contributed by atoms with Crippen molar-refractivity contribution in [2.24, 2.45) is 0 Å². The predicted octanol–water partition coefficient (Wildman–Crippen LogP) is 1.26. The van der Waals surface area contributed by atoms with E-state index in [0.717, 1.165) is 50.7 Å². The summed E-state index contributed by atoms with van der Waals surface area (Å²) in [7, 11) is 0. The molecule has 0 atom stereocenters. The molecular formula is C14H19ClNO2+. The highest BCUT2D eigenvalue weighted by Crippen LogP contribution is 2.27. The Morgan fingerprint density at radius 1 is 1.06 bits per heavy atom. The number of likely N-dealkylation sites (tertiary alicyclic amines) is 1. The Labute approximate surface area is 113 Å². The van der Waals surface area contributed by atoms with Gasteiger partial charge < -0.3 is 14.4 Å². The summed E-state index contributed by atoms with van der Waals surface area (Å²) in [6, 6.07) is 8.15. The zero-order valence-corrected chi connectivity index (χ0v) is 11.2. The van der Waals surface area contributed by atoms with Gasteiger partial charge in [-0.2, -0.15) is 0 Å². The fourth-order valence-electron chi connectivity index (χ4n) is 2.84. The van der Waals surface area contributed by atoms with Gasteiger partial charge in [-0.05, 0) is 12.1 Å². The summed E-state index contributed by atoms with van der Waals surface area (Å²) in [4.78, 5) is 1.60. The third-order valence-electron chi connectivity index (χ3n) is 3.90. The Morgan fingerprint density at radius 2 is 1.67 bits per heavy atom. The largest absolute Gasteiger partial charge is 0.347 e. The Morgan fingerprint density at radius 3 is 2.28 bits per heavy atom. The smallest absolute Gasteiger partial charge is 0.179 e. The molecule has 4 heteroatoms. The van der Waals surface area contributed by atoms with E-state index in [0.29, 0.717) is 0 Å². The fraction of sp³-hybridized carbons (Fsp3) is 0.571. The summed E-state index contributed by atoms with van der Waals surface area (Å²) < 4.78 is 11.5. The van der Waals surface area contributed by atoms with Gasteiger partial charge in [-0.3, -0.25) is 0 Å². The molecule has 18 heavy (non-hydrogen) atoms. The average molecular weight is 269 g/mol. The number of quaternary nitrogens is 1. The first-order valence-electron chi connectivity index (χ1n) is 6.62. The molecule has 2 fully saturated rings. The monoisotopic (exact) mass is 268 g/mol. The molecule has 0 saturated carbocycles. The van der Waals surface area contributed by atoms with Gasteiger partial charge in [0.25, 0.3) is 0 Å². The van der Waals surface area contributed by atoms with Crippen LogP contribution in [0.25, 0.3) is 0 Å². The van der Waals surface area contributed by atoms with Crippen molar-refractivity contribution < 1.29 is 14.4 Å². The van der Waals surface area contributed by atoms with Crippen LogP contribution in [0.5, 0.6) is 0 Å². The van der Waals surface area contributed by atoms with Crippen molar-refractivity contribution in [1.29, 1.82) is 0 Å². The molecule has 0 unspecified atom stereocenters. The number of rotatable bonds is 2. The van der Waals surface area contributed by atoms with Crippen LogP contribution in [0.15, 0.2) is 24.3 Å². The van der Waals surface area contributed by atoms with Crippen LogP contribution in [0, 0.1) is 0 Å². The fourth-order valence-corrected chi connectivity index (χ4v) is 2.96. The molecule has 2 heterocycles. The lowest BCUT2D eigenvalue weighted by molar-refractivity contribution is -0.922. The van der Waals surface area contributed by atoms with Crippen molar-refractivity contribution in [1.82, 2.24) is 0 Å². The minimum atomic E-state index is -0.247. The zero-order chi connectivity index (χ0) is 12.4. The molecule has 1 aromatic carbocycles. The Hall–Kier alpha value is -0.610. The molecule has 1 aromatic rings. The molecule has 2 aliphatic heterocycles. The third kappa shape index (κ3) is 2.69. The van der Waals surface area contributed by atoms with Crippen LogP contribution in [0.1, 0.15) is 18.4 Å². The summed E-state index contributed by atoms with van der Waals surface area (Å²) in [5, 5.41) is 0.805. The van der Waals surface area contributed by atoms with Crippen molar-refractivity contribution in [3.05, 3.63) is 34.9 Å². The molecule has 3 rings (SSSR count). The number of hydrogen-bond acceptors (Lipinski definition) is 2. The van der Waals surface area contributed by atoms with Gasteiger partial charge in [-0.15, -0.1) is 0 Å². The Kier molecular flexibility index (Phi) is 3.57. The van der Waals surface area contributed by atoms with Crippen molar-refractivity contribution in [3.8, 4) is 0 Å². The first-order chi connectivity index (χ1) is 8.76. The zero-order valence-electron chi connectivity index (χ0n) is 10.5. The maximum absolute atomic E-state index is 5.90. The summed E-state index contributed by atoms with van der Waals surface area (Å²) in [5.74, 6) is -0.247. The number of ether oxygens (including phenoxy) is 2. The number of piperidine rings is 1. The minimum absolute atomic E-state index is 0.247. The SMILES string of the molecule is Clc1ccc(C[NH+]2CCC3(CC2)OCCO3)cc1. The van der Waals surface area contributed by atoms with Gasteiger partial charge in [-0.25, -0.2) is 0 Å². The van der Waals surface area contributed by atoms with E-state index in [2.05, 4.69) is 12.1 Å². The average Bonchev–Trinajstić information content (AvgIpc) is 2.84. The van der Waals surface area contributed by atoms with E-state index in [-0.39, 0.29) is 5.79 Å². The van der Waals surface area contributed by atoms with Crippen molar-refractivity contribution >= 4 is 11.6 Å². The number of benzene rings is 1. The molecule has 0 amide bonds. The normalized spacial score (nSPS) is 23.6. The van der Waals surface area contributed by atoms with Crippen LogP contribution in [-0.2, 0) is 16.0 Å². The maximum atomic E-state index is 5.90. The van der Waals surface area contributed by atoms with Gasteiger partial charge in [0.2, 0.25) is 0 Å². The van der Waals surface area contributed by atoms with Crippen LogP contribution in [-0.4, -0.2) is 32.1 Å². The summed E-state index contributed by atoms with van der Waals surface area (Å²) in [5.41, 5.74) is 1.35. The van der Waals surface area contributed by atoms with Crippen LogP contribution in [0.4, 0.5) is 0 Å². The van der Waals surface area contributed by atoms with E-state index in [1.54, 1.807) is 4.90 Å². The Bertz CT molecular complexity index is 391. The van der Waals surface area contributed by atoms with E-state index in [9.17, 15) is 0 Å². The van der Waals surface area contributed by atoms with Gasteiger partial charge in [0.05, 0.1) is 39.1 Å². The lowest BCUT2D eigenvalue weighted by Crippen LogP contribution is -3.12. The second-order valence-corrected chi connectivity index (χ2v) is 5.60. The molecule has 1 N–H and O–H groups in total. The standard InChI is InChI=1S/C14H18ClNO2/c15-13-3-1-12(2-4-13)11-16-7-5-14(6-8-16)17-9-10-18-14/h1-4H,5-11H2/p+1. The molecular weight excluding hydrogens is 250 g/mol. The first-order valence-corrected chi connectivity index (χ1v) is 7.00. The highest BCUT2D eigenvalue weighted by Gasteiger charge is 2.41. The lowest BCUT2D eigenvalue weighted by atomic mass is 10.0. The van der Waals surface area contributed by atoms with Gasteiger partial charge in [-0.1, -0.05) is 23.7 Å². The third-order valence-corrected chi connectivity index (χ3v) is 4.15. The molecule has 0 aromatic heterocycles. The Balaban J connectivity index is 1.55. The van der Waals surface area contributed by atoms with Crippen LogP contribution < -0.4 is 4.90 Å². The molecule has 98 valence electrons. The second kappa shape index (κ2) is 5.17. The van der Waals surface area contributed by atoms with Gasteiger partial charge in [0, 0.05) is 10.6 Å². The number of halogens is 1. The van der Waals surface area contributed by atoms with Crippen molar-refractivity contribution in [2.45, 2.75) is 25.2 Å². The minimum Gasteiger partial charge on any atom is -0.347 e. The van der Waals surface area contributed by atoms with E-state index in [1.165, 1.54) is 5.56 Å². The molecule has 0 bridgehead atoms. The molecule has 0 radical (unpaired) electrons. The quantitative estimate of drug-likeness (QED) is 0.873. The number of hydrogen-bond donors (Lipinski definition) is 1. The van der Waals surface area contributed by atoms with Crippen molar-refractivity contribution in [3.63, 3.8) is 0 Å². The van der Waals surface area contributed by atoms with Crippen LogP contribution in [0.3, 0.4) is 0 Å². The van der Waals surface area contributed by atoms with Crippen LogP contribution in [0.2, 0.25) is 5.02 Å². The van der Waals surface area contributed by atoms with Gasteiger partial charge in [0.15, 0.2) is 5.79 Å². The molecule has 1 spiro atoms. The summed E-state index contributed by atoms with van der Waals surface area (Å²) in [6.45, 7) is 4.80. The molecule has 3 nitrogen and oxygen atoms in total.